The summed E-state index contributed by atoms with van der Waals surface area (Å²) in [4.78, 5) is 11.7. The molecule has 0 aromatic heterocycles. The van der Waals surface area contributed by atoms with E-state index in [9.17, 15) is 4.79 Å². The fraction of sp³-hybridized carbons (Fsp3) is 0.0625. The van der Waals surface area contributed by atoms with Crippen molar-refractivity contribution >= 4 is 28.9 Å². The van der Waals surface area contributed by atoms with E-state index in [0.29, 0.717) is 5.70 Å². The number of esters is 1. The van der Waals surface area contributed by atoms with E-state index < -0.39 is 12.2 Å². The van der Waals surface area contributed by atoms with E-state index >= 15 is 0 Å². The van der Waals surface area contributed by atoms with E-state index in [0.717, 1.165) is 11.4 Å². The quantitative estimate of drug-likeness (QED) is 0.848. The second-order valence-electron chi connectivity index (χ2n) is 4.51. The van der Waals surface area contributed by atoms with E-state index in [1.807, 2.05) is 60.7 Å². The van der Waals surface area contributed by atoms with Gasteiger partial charge in [0.05, 0.1) is 0 Å². The molecule has 4 nitrogen and oxygen atoms in total. The van der Waals surface area contributed by atoms with Gasteiger partial charge >= 0.3 is 5.97 Å². The zero-order chi connectivity index (χ0) is 14.7. The molecule has 5 heteroatoms. The van der Waals surface area contributed by atoms with Crippen molar-refractivity contribution < 1.29 is 9.53 Å². The van der Waals surface area contributed by atoms with Crippen LogP contribution < -0.4 is 10.6 Å². The summed E-state index contributed by atoms with van der Waals surface area (Å²) in [5, 5.41) is 6.32. The molecular weight excluding hydrogens is 288 g/mol. The first kappa shape index (κ1) is 13.5. The number of ether oxygens (including phenoxy) is 1. The van der Waals surface area contributed by atoms with Gasteiger partial charge in [0, 0.05) is 11.4 Å². The van der Waals surface area contributed by atoms with Crippen molar-refractivity contribution in [2.75, 3.05) is 10.6 Å². The third kappa shape index (κ3) is 3.01. The van der Waals surface area contributed by atoms with Crippen molar-refractivity contribution in [3.05, 3.63) is 71.4 Å². The minimum absolute atomic E-state index is 0.0623. The van der Waals surface area contributed by atoms with Gasteiger partial charge in [-0.3, -0.25) is 0 Å². The molecule has 1 unspecified atom stereocenters. The first-order chi connectivity index (χ1) is 10.2. The Morgan fingerprint density at radius 3 is 2.10 bits per heavy atom. The molecule has 0 saturated heterocycles. The molecule has 0 saturated carbocycles. The standard InChI is InChI=1S/C16H13ClN2O2/c17-13-14(18-11-7-3-1-4-8-11)15(21-16(13)20)19-12-9-5-2-6-10-12/h1-10,15,18-19H. The molecule has 0 aliphatic carbocycles. The summed E-state index contributed by atoms with van der Waals surface area (Å²) in [7, 11) is 0. The highest BCUT2D eigenvalue weighted by atomic mass is 35.5. The SMILES string of the molecule is O=C1OC(Nc2ccccc2)C(Nc2ccccc2)=C1Cl. The molecule has 0 spiro atoms. The van der Waals surface area contributed by atoms with Gasteiger partial charge in [0.2, 0.25) is 6.23 Å². The van der Waals surface area contributed by atoms with Gasteiger partial charge in [-0.2, -0.15) is 0 Å². The number of carbonyl (C=O) groups is 1. The van der Waals surface area contributed by atoms with Gasteiger partial charge in [-0.25, -0.2) is 4.79 Å². The monoisotopic (exact) mass is 300 g/mol. The van der Waals surface area contributed by atoms with Gasteiger partial charge in [0.1, 0.15) is 5.70 Å². The summed E-state index contributed by atoms with van der Waals surface area (Å²) in [6, 6.07) is 19.0. The fourth-order valence-corrected chi connectivity index (χ4v) is 2.22. The summed E-state index contributed by atoms with van der Waals surface area (Å²) >= 11 is 6.04. The number of benzene rings is 2. The average molecular weight is 301 g/mol. The minimum Gasteiger partial charge on any atom is -0.431 e. The highest BCUT2D eigenvalue weighted by Gasteiger charge is 2.33. The number of rotatable bonds is 4. The van der Waals surface area contributed by atoms with E-state index in [1.54, 1.807) is 0 Å². The molecule has 0 radical (unpaired) electrons. The van der Waals surface area contributed by atoms with Crippen LogP contribution in [-0.2, 0) is 9.53 Å². The predicted molar refractivity (Wildman–Crippen MR) is 82.9 cm³/mol. The Balaban J connectivity index is 1.82. The van der Waals surface area contributed by atoms with E-state index in [4.69, 9.17) is 16.3 Å². The number of hydrogen-bond donors (Lipinski definition) is 2. The van der Waals surface area contributed by atoms with Gasteiger partial charge in [-0.05, 0) is 24.3 Å². The first-order valence-electron chi connectivity index (χ1n) is 6.48. The van der Waals surface area contributed by atoms with Crippen molar-refractivity contribution in [1.29, 1.82) is 0 Å². The van der Waals surface area contributed by atoms with Gasteiger partial charge in [0.25, 0.3) is 0 Å². The van der Waals surface area contributed by atoms with E-state index in [1.165, 1.54) is 0 Å². The smallest absolute Gasteiger partial charge is 0.354 e. The minimum atomic E-state index is -0.632. The molecule has 0 fully saturated rings. The molecule has 1 aliphatic heterocycles. The van der Waals surface area contributed by atoms with Crippen LogP contribution in [0.1, 0.15) is 0 Å². The summed E-state index contributed by atoms with van der Waals surface area (Å²) < 4.78 is 5.24. The molecule has 3 rings (SSSR count). The summed E-state index contributed by atoms with van der Waals surface area (Å²) in [5.74, 6) is -0.538. The topological polar surface area (TPSA) is 50.4 Å². The van der Waals surface area contributed by atoms with Crippen LogP contribution >= 0.6 is 11.6 Å². The van der Waals surface area contributed by atoms with Crippen molar-refractivity contribution in [3.63, 3.8) is 0 Å². The Kier molecular flexibility index (Phi) is 3.79. The largest absolute Gasteiger partial charge is 0.431 e. The lowest BCUT2D eigenvalue weighted by Crippen LogP contribution is -2.25. The number of cyclic esters (lactones) is 1. The fourth-order valence-electron chi connectivity index (χ4n) is 2.03. The van der Waals surface area contributed by atoms with E-state index in [2.05, 4.69) is 10.6 Å². The molecule has 0 bridgehead atoms. The van der Waals surface area contributed by atoms with Gasteiger partial charge in [0.15, 0.2) is 5.03 Å². The van der Waals surface area contributed by atoms with Crippen LogP contribution in [0.25, 0.3) is 0 Å². The maximum absolute atomic E-state index is 11.7. The van der Waals surface area contributed by atoms with Gasteiger partial charge in [-0.1, -0.05) is 48.0 Å². The molecule has 21 heavy (non-hydrogen) atoms. The zero-order valence-corrected chi connectivity index (χ0v) is 11.8. The molecule has 1 aliphatic rings. The molecule has 2 aromatic carbocycles. The number of nitrogens with one attached hydrogen (secondary N) is 2. The number of halogens is 1. The van der Waals surface area contributed by atoms with Crippen LogP contribution in [0.3, 0.4) is 0 Å². The summed E-state index contributed by atoms with van der Waals surface area (Å²) in [6.45, 7) is 0. The van der Waals surface area contributed by atoms with Crippen LogP contribution in [0, 0.1) is 0 Å². The first-order valence-corrected chi connectivity index (χ1v) is 6.86. The second kappa shape index (κ2) is 5.89. The van der Waals surface area contributed by atoms with Crippen LogP contribution in [0.4, 0.5) is 11.4 Å². The highest BCUT2D eigenvalue weighted by Crippen LogP contribution is 2.28. The van der Waals surface area contributed by atoms with Crippen molar-refractivity contribution in [2.24, 2.45) is 0 Å². The molecule has 1 heterocycles. The Morgan fingerprint density at radius 2 is 1.48 bits per heavy atom. The maximum atomic E-state index is 11.7. The second-order valence-corrected chi connectivity index (χ2v) is 4.89. The predicted octanol–water partition coefficient (Wildman–Crippen LogP) is 3.54. The Hall–Kier alpha value is -2.46. The summed E-state index contributed by atoms with van der Waals surface area (Å²) in [5.41, 5.74) is 2.19. The van der Waals surface area contributed by atoms with Crippen LogP contribution in [0.15, 0.2) is 71.4 Å². The molecule has 1 atom stereocenters. The Labute approximate surface area is 127 Å². The van der Waals surface area contributed by atoms with Gasteiger partial charge < -0.3 is 15.4 Å². The number of para-hydroxylation sites is 2. The lowest BCUT2D eigenvalue weighted by molar-refractivity contribution is -0.138. The van der Waals surface area contributed by atoms with Crippen molar-refractivity contribution in [1.82, 2.24) is 0 Å². The maximum Gasteiger partial charge on any atom is 0.354 e. The molecule has 106 valence electrons. The lowest BCUT2D eigenvalue weighted by Gasteiger charge is -2.18. The molecule has 2 N–H and O–H groups in total. The molecule has 0 amide bonds. The van der Waals surface area contributed by atoms with Crippen molar-refractivity contribution in [2.45, 2.75) is 6.23 Å². The Bertz CT molecular complexity index is 671. The van der Waals surface area contributed by atoms with Crippen LogP contribution in [0.2, 0.25) is 0 Å². The van der Waals surface area contributed by atoms with E-state index in [-0.39, 0.29) is 5.03 Å². The Morgan fingerprint density at radius 1 is 0.905 bits per heavy atom. The lowest BCUT2D eigenvalue weighted by atomic mass is 10.2. The normalized spacial score (nSPS) is 17.6. The van der Waals surface area contributed by atoms with Gasteiger partial charge in [-0.15, -0.1) is 0 Å². The highest BCUT2D eigenvalue weighted by molar-refractivity contribution is 6.42. The number of carbonyl (C=O) groups excluding carboxylic acids is 1. The number of hydrogen-bond acceptors (Lipinski definition) is 4. The third-order valence-electron chi connectivity index (χ3n) is 3.03. The summed E-state index contributed by atoms with van der Waals surface area (Å²) in [6.07, 6.45) is -0.632. The average Bonchev–Trinajstić information content (AvgIpc) is 2.77. The van der Waals surface area contributed by atoms with Crippen LogP contribution in [0.5, 0.6) is 0 Å². The number of anilines is 2. The molecular formula is C16H13ClN2O2. The van der Waals surface area contributed by atoms with Crippen molar-refractivity contribution in [3.8, 4) is 0 Å². The van der Waals surface area contributed by atoms with Crippen LogP contribution in [-0.4, -0.2) is 12.2 Å². The third-order valence-corrected chi connectivity index (χ3v) is 3.39. The molecule has 2 aromatic rings. The zero-order valence-electron chi connectivity index (χ0n) is 11.0.